The molecule has 0 aliphatic heterocycles. The maximum atomic E-state index is 11.6. The van der Waals surface area contributed by atoms with Crippen molar-refractivity contribution in [2.45, 2.75) is 26.8 Å². The number of nitrogens with two attached hydrogens (primary N) is 1. The summed E-state index contributed by atoms with van der Waals surface area (Å²) in [6.07, 6.45) is 0. The van der Waals surface area contributed by atoms with Crippen LogP contribution in [-0.2, 0) is 9.53 Å². The summed E-state index contributed by atoms with van der Waals surface area (Å²) in [5.41, 5.74) is 5.55. The van der Waals surface area contributed by atoms with Crippen molar-refractivity contribution >= 4 is 18.3 Å². The monoisotopic (exact) mass is 238 g/mol. The molecule has 0 aliphatic rings. The molecule has 0 aromatic heterocycles. The lowest BCUT2D eigenvalue weighted by Crippen LogP contribution is -2.45. The lowest BCUT2D eigenvalue weighted by atomic mass is 10.2. The minimum atomic E-state index is -0.425. The Bertz CT molecular complexity index is 175. The third-order valence-electron chi connectivity index (χ3n) is 1.85. The highest BCUT2D eigenvalue weighted by atomic mass is 35.5. The topological polar surface area (TPSA) is 55.6 Å². The molecule has 1 atom stereocenters. The minimum absolute atomic E-state index is 0. The number of hydrogen-bond acceptors (Lipinski definition) is 3. The molecule has 0 saturated carbocycles. The van der Waals surface area contributed by atoms with Gasteiger partial charge in [-0.05, 0) is 12.8 Å². The lowest BCUT2D eigenvalue weighted by molar-refractivity contribution is -0.133. The molecule has 0 spiro atoms. The zero-order chi connectivity index (χ0) is 11.1. The first-order valence-corrected chi connectivity index (χ1v) is 5.02. The Hall–Kier alpha value is -0.320. The van der Waals surface area contributed by atoms with E-state index in [0.29, 0.717) is 19.1 Å². The molecule has 0 aliphatic carbocycles. The number of amides is 1. The van der Waals surface area contributed by atoms with Crippen LogP contribution in [0, 0.1) is 5.92 Å². The van der Waals surface area contributed by atoms with Gasteiger partial charge in [0, 0.05) is 20.2 Å². The van der Waals surface area contributed by atoms with Crippen molar-refractivity contribution in [1.29, 1.82) is 0 Å². The largest absolute Gasteiger partial charge is 0.383 e. The van der Waals surface area contributed by atoms with E-state index in [1.165, 1.54) is 0 Å². The molecule has 0 heterocycles. The molecule has 0 unspecified atom stereocenters. The second-order valence-corrected chi connectivity index (χ2v) is 3.96. The van der Waals surface area contributed by atoms with Gasteiger partial charge in [0.15, 0.2) is 0 Å². The molecule has 0 aromatic carbocycles. The summed E-state index contributed by atoms with van der Waals surface area (Å²) in [5, 5.41) is 0. The van der Waals surface area contributed by atoms with Crippen LogP contribution in [0.1, 0.15) is 20.8 Å². The van der Waals surface area contributed by atoms with Gasteiger partial charge < -0.3 is 15.4 Å². The first-order valence-electron chi connectivity index (χ1n) is 5.02. The molecule has 4 nitrogen and oxygen atoms in total. The Morgan fingerprint density at radius 1 is 1.40 bits per heavy atom. The Labute approximate surface area is 98.6 Å². The van der Waals surface area contributed by atoms with E-state index in [0.717, 1.165) is 6.54 Å². The van der Waals surface area contributed by atoms with Gasteiger partial charge in [0.1, 0.15) is 0 Å². The Kier molecular flexibility index (Phi) is 10.2. The van der Waals surface area contributed by atoms with Crippen LogP contribution in [0.15, 0.2) is 0 Å². The van der Waals surface area contributed by atoms with Crippen LogP contribution in [0.5, 0.6) is 0 Å². The van der Waals surface area contributed by atoms with Gasteiger partial charge in [0.25, 0.3) is 0 Å². The molecule has 15 heavy (non-hydrogen) atoms. The van der Waals surface area contributed by atoms with Gasteiger partial charge >= 0.3 is 0 Å². The van der Waals surface area contributed by atoms with Crippen molar-refractivity contribution in [3.8, 4) is 0 Å². The summed E-state index contributed by atoms with van der Waals surface area (Å²) in [7, 11) is 1.63. The molecule has 0 saturated heterocycles. The highest BCUT2D eigenvalue weighted by Crippen LogP contribution is 2.00. The zero-order valence-electron chi connectivity index (χ0n) is 10.0. The molecular formula is C10H23ClN2O2. The van der Waals surface area contributed by atoms with Gasteiger partial charge in [-0.3, -0.25) is 4.79 Å². The van der Waals surface area contributed by atoms with Gasteiger partial charge in [-0.25, -0.2) is 0 Å². The second-order valence-electron chi connectivity index (χ2n) is 3.96. The predicted octanol–water partition coefficient (Wildman–Crippen LogP) is 0.886. The summed E-state index contributed by atoms with van der Waals surface area (Å²) in [6.45, 7) is 7.79. The lowest BCUT2D eigenvalue weighted by Gasteiger charge is -2.25. The summed E-state index contributed by atoms with van der Waals surface area (Å²) in [4.78, 5) is 13.4. The third-order valence-corrected chi connectivity index (χ3v) is 1.85. The van der Waals surface area contributed by atoms with E-state index in [9.17, 15) is 4.79 Å². The van der Waals surface area contributed by atoms with Crippen molar-refractivity contribution in [2.24, 2.45) is 11.7 Å². The van der Waals surface area contributed by atoms with Gasteiger partial charge in [-0.1, -0.05) is 13.8 Å². The zero-order valence-corrected chi connectivity index (χ0v) is 10.8. The standard InChI is InChI=1S/C10H22N2O2.ClH/c1-8(2)7-12(5-6-14-4)10(13)9(3)11;/h8-9H,5-7,11H2,1-4H3;1H/t9-;/m0./s1. The maximum absolute atomic E-state index is 11.6. The molecule has 1 amide bonds. The van der Waals surface area contributed by atoms with Crippen LogP contribution in [0.25, 0.3) is 0 Å². The first-order chi connectivity index (χ1) is 6.49. The predicted molar refractivity (Wildman–Crippen MR) is 64.2 cm³/mol. The number of methoxy groups -OCH3 is 1. The van der Waals surface area contributed by atoms with Crippen LogP contribution >= 0.6 is 12.4 Å². The fraction of sp³-hybridized carbons (Fsp3) is 0.900. The summed E-state index contributed by atoms with van der Waals surface area (Å²) in [5.74, 6) is 0.449. The van der Waals surface area contributed by atoms with E-state index in [4.69, 9.17) is 10.5 Å². The Morgan fingerprint density at radius 3 is 2.27 bits per heavy atom. The van der Waals surface area contributed by atoms with Gasteiger partial charge in [0.05, 0.1) is 12.6 Å². The molecule has 5 heteroatoms. The Balaban J connectivity index is 0. The van der Waals surface area contributed by atoms with E-state index in [2.05, 4.69) is 13.8 Å². The molecule has 0 aromatic rings. The highest BCUT2D eigenvalue weighted by Gasteiger charge is 2.17. The van der Waals surface area contributed by atoms with E-state index in [-0.39, 0.29) is 18.3 Å². The average Bonchev–Trinajstić information content (AvgIpc) is 2.10. The number of hydrogen-bond donors (Lipinski definition) is 1. The Morgan fingerprint density at radius 2 is 1.93 bits per heavy atom. The molecule has 0 fully saturated rings. The van der Waals surface area contributed by atoms with Crippen molar-refractivity contribution in [2.75, 3.05) is 26.8 Å². The number of nitrogens with zero attached hydrogens (tertiary/aromatic N) is 1. The fourth-order valence-corrected chi connectivity index (χ4v) is 1.22. The summed E-state index contributed by atoms with van der Waals surface area (Å²) in [6, 6.07) is -0.425. The highest BCUT2D eigenvalue weighted by molar-refractivity contribution is 5.85. The third kappa shape index (κ3) is 7.59. The van der Waals surface area contributed by atoms with Crippen molar-refractivity contribution < 1.29 is 9.53 Å². The average molecular weight is 239 g/mol. The van der Waals surface area contributed by atoms with Crippen molar-refractivity contribution in [3.63, 3.8) is 0 Å². The molecule has 0 rings (SSSR count). The number of ether oxygens (including phenoxy) is 1. The van der Waals surface area contributed by atoms with Gasteiger partial charge in [-0.2, -0.15) is 0 Å². The second kappa shape index (κ2) is 8.95. The van der Waals surface area contributed by atoms with E-state index >= 15 is 0 Å². The van der Waals surface area contributed by atoms with E-state index in [1.54, 1.807) is 18.9 Å². The van der Waals surface area contributed by atoms with Crippen molar-refractivity contribution in [1.82, 2.24) is 4.90 Å². The van der Waals surface area contributed by atoms with Gasteiger partial charge in [-0.15, -0.1) is 12.4 Å². The number of carbonyl (C=O) groups is 1. The summed E-state index contributed by atoms with van der Waals surface area (Å²) < 4.78 is 4.95. The van der Waals surface area contributed by atoms with E-state index < -0.39 is 6.04 Å². The SMILES string of the molecule is COCCN(CC(C)C)C(=O)[C@H](C)N.Cl. The number of carbonyl (C=O) groups excluding carboxylic acids is 1. The quantitative estimate of drug-likeness (QED) is 0.748. The minimum Gasteiger partial charge on any atom is -0.383 e. The number of rotatable bonds is 6. The maximum Gasteiger partial charge on any atom is 0.239 e. The van der Waals surface area contributed by atoms with Gasteiger partial charge in [0.2, 0.25) is 5.91 Å². The van der Waals surface area contributed by atoms with Crippen LogP contribution in [0.4, 0.5) is 0 Å². The van der Waals surface area contributed by atoms with E-state index in [1.807, 2.05) is 0 Å². The molecular weight excluding hydrogens is 216 g/mol. The van der Waals surface area contributed by atoms with Crippen LogP contribution in [0.2, 0.25) is 0 Å². The normalized spacial score (nSPS) is 12.1. The van der Waals surface area contributed by atoms with Crippen LogP contribution in [-0.4, -0.2) is 43.7 Å². The molecule has 92 valence electrons. The molecule has 0 radical (unpaired) electrons. The first kappa shape index (κ1) is 17.1. The summed E-state index contributed by atoms with van der Waals surface area (Å²) >= 11 is 0. The fourth-order valence-electron chi connectivity index (χ4n) is 1.22. The molecule has 2 N–H and O–H groups in total. The van der Waals surface area contributed by atoms with Crippen molar-refractivity contribution in [3.05, 3.63) is 0 Å². The molecule has 0 bridgehead atoms. The van der Waals surface area contributed by atoms with Crippen LogP contribution < -0.4 is 5.73 Å². The van der Waals surface area contributed by atoms with Crippen LogP contribution in [0.3, 0.4) is 0 Å². The smallest absolute Gasteiger partial charge is 0.239 e. The number of halogens is 1.